The third-order valence-electron chi connectivity index (χ3n) is 5.23. The SMILES string of the molecule is NC(=O)OC(CC[N+]1(c2ccccc2)CCCCC1)c1ccccc1. The van der Waals surface area contributed by atoms with Crippen molar-refractivity contribution in [3.8, 4) is 0 Å². The summed E-state index contributed by atoms with van der Waals surface area (Å²) in [6.45, 7) is 3.22. The molecule has 0 spiro atoms. The van der Waals surface area contributed by atoms with Crippen LogP contribution in [0, 0.1) is 0 Å². The third kappa shape index (κ3) is 4.40. The minimum absolute atomic E-state index is 0.292. The van der Waals surface area contributed by atoms with Gasteiger partial charge in [-0.3, -0.25) is 4.48 Å². The van der Waals surface area contributed by atoms with Gasteiger partial charge in [0, 0.05) is 6.42 Å². The zero-order chi connectivity index (χ0) is 17.5. The first-order valence-electron chi connectivity index (χ1n) is 9.12. The zero-order valence-electron chi connectivity index (χ0n) is 14.6. The van der Waals surface area contributed by atoms with Crippen molar-refractivity contribution in [2.45, 2.75) is 31.8 Å². The van der Waals surface area contributed by atoms with E-state index in [4.69, 9.17) is 10.5 Å². The summed E-state index contributed by atoms with van der Waals surface area (Å²) in [6.07, 6.45) is 3.54. The topological polar surface area (TPSA) is 52.3 Å². The summed E-state index contributed by atoms with van der Waals surface area (Å²) in [6, 6.07) is 20.6. The van der Waals surface area contributed by atoms with Crippen molar-refractivity contribution in [2.75, 3.05) is 19.6 Å². The van der Waals surface area contributed by atoms with Gasteiger partial charge in [0.1, 0.15) is 11.8 Å². The number of piperidine rings is 1. The molecule has 4 heteroatoms. The van der Waals surface area contributed by atoms with E-state index in [9.17, 15) is 4.79 Å². The molecule has 3 rings (SSSR count). The normalized spacial score (nSPS) is 17.6. The summed E-state index contributed by atoms with van der Waals surface area (Å²) in [5.41, 5.74) is 7.68. The van der Waals surface area contributed by atoms with Crippen molar-refractivity contribution in [3.63, 3.8) is 0 Å². The molecule has 0 bridgehead atoms. The van der Waals surface area contributed by atoms with E-state index < -0.39 is 6.09 Å². The van der Waals surface area contributed by atoms with Crippen molar-refractivity contribution in [1.82, 2.24) is 4.48 Å². The van der Waals surface area contributed by atoms with Crippen LogP contribution in [0.2, 0.25) is 0 Å². The minimum Gasteiger partial charge on any atom is -0.441 e. The number of hydrogen-bond donors (Lipinski definition) is 1. The van der Waals surface area contributed by atoms with E-state index in [1.54, 1.807) is 0 Å². The van der Waals surface area contributed by atoms with Crippen LogP contribution in [-0.4, -0.2) is 25.7 Å². The van der Waals surface area contributed by atoms with Gasteiger partial charge in [-0.15, -0.1) is 0 Å². The molecule has 2 aromatic carbocycles. The van der Waals surface area contributed by atoms with Gasteiger partial charge >= 0.3 is 6.09 Å². The van der Waals surface area contributed by atoms with E-state index in [2.05, 4.69) is 30.3 Å². The van der Waals surface area contributed by atoms with Gasteiger partial charge in [0.2, 0.25) is 0 Å². The van der Waals surface area contributed by atoms with Gasteiger partial charge in [0.15, 0.2) is 0 Å². The second-order valence-electron chi connectivity index (χ2n) is 6.84. The number of quaternary nitrogens is 1. The Labute approximate surface area is 149 Å². The number of ether oxygens (including phenoxy) is 1. The smallest absolute Gasteiger partial charge is 0.405 e. The number of rotatable bonds is 6. The van der Waals surface area contributed by atoms with Crippen LogP contribution in [-0.2, 0) is 4.74 Å². The van der Waals surface area contributed by atoms with Crippen molar-refractivity contribution < 1.29 is 9.53 Å². The molecule has 1 heterocycles. The Bertz CT molecular complexity index is 667. The summed E-state index contributed by atoms with van der Waals surface area (Å²) in [7, 11) is 0. The number of hydrogen-bond acceptors (Lipinski definition) is 2. The van der Waals surface area contributed by atoms with Gasteiger partial charge in [-0.1, -0.05) is 48.5 Å². The van der Waals surface area contributed by atoms with Gasteiger partial charge in [0.05, 0.1) is 19.6 Å². The molecule has 1 saturated heterocycles. The molecule has 132 valence electrons. The van der Waals surface area contributed by atoms with Crippen LogP contribution >= 0.6 is 0 Å². The summed E-state index contributed by atoms with van der Waals surface area (Å²) < 4.78 is 6.40. The van der Waals surface area contributed by atoms with E-state index in [1.807, 2.05) is 30.3 Å². The highest BCUT2D eigenvalue weighted by atomic mass is 16.6. The second-order valence-corrected chi connectivity index (χ2v) is 6.84. The van der Waals surface area contributed by atoms with Crippen LogP contribution in [0.3, 0.4) is 0 Å². The van der Waals surface area contributed by atoms with E-state index in [-0.39, 0.29) is 6.10 Å². The number of benzene rings is 2. The number of carbonyl (C=O) groups excluding carboxylic acids is 1. The van der Waals surface area contributed by atoms with Gasteiger partial charge < -0.3 is 10.5 Å². The Kier molecular flexibility index (Phi) is 5.71. The van der Waals surface area contributed by atoms with Crippen molar-refractivity contribution in [3.05, 3.63) is 66.2 Å². The lowest BCUT2D eigenvalue weighted by atomic mass is 10.0. The van der Waals surface area contributed by atoms with E-state index in [0.29, 0.717) is 0 Å². The monoisotopic (exact) mass is 339 g/mol. The Morgan fingerprint density at radius 2 is 1.56 bits per heavy atom. The molecule has 1 fully saturated rings. The number of amides is 1. The van der Waals surface area contributed by atoms with E-state index >= 15 is 0 Å². The first kappa shape index (κ1) is 17.5. The fourth-order valence-electron chi connectivity index (χ4n) is 3.94. The number of nitrogens with zero attached hydrogens (tertiary/aromatic N) is 1. The fourth-order valence-corrected chi connectivity index (χ4v) is 3.94. The van der Waals surface area contributed by atoms with Crippen LogP contribution in [0.1, 0.15) is 37.4 Å². The predicted molar refractivity (Wildman–Crippen MR) is 101 cm³/mol. The standard InChI is InChI=1S/C21H26N2O2/c22-21(24)25-20(18-10-4-1-5-11-18)14-17-23(15-8-3-9-16-23)19-12-6-2-7-13-19/h1-2,4-7,10-13,20H,3,8-9,14-17H2,(H-,22,24)/p+1. The lowest BCUT2D eigenvalue weighted by Gasteiger charge is -2.41. The Morgan fingerprint density at radius 1 is 0.960 bits per heavy atom. The molecule has 1 aliphatic rings. The van der Waals surface area contributed by atoms with E-state index in [0.717, 1.165) is 36.1 Å². The molecule has 1 aliphatic heterocycles. The quantitative estimate of drug-likeness (QED) is 0.793. The van der Waals surface area contributed by atoms with Crippen LogP contribution in [0.5, 0.6) is 0 Å². The first-order valence-corrected chi connectivity index (χ1v) is 9.12. The summed E-state index contributed by atoms with van der Waals surface area (Å²) in [4.78, 5) is 11.4. The number of carbonyl (C=O) groups is 1. The van der Waals surface area contributed by atoms with Crippen molar-refractivity contribution in [1.29, 1.82) is 0 Å². The maximum absolute atomic E-state index is 11.4. The average Bonchev–Trinajstić information content (AvgIpc) is 2.67. The minimum atomic E-state index is -0.709. The van der Waals surface area contributed by atoms with Crippen LogP contribution in [0.15, 0.2) is 60.7 Å². The van der Waals surface area contributed by atoms with Crippen LogP contribution in [0.4, 0.5) is 10.5 Å². The highest BCUT2D eigenvalue weighted by molar-refractivity contribution is 5.65. The fraction of sp³-hybridized carbons (Fsp3) is 0.381. The average molecular weight is 339 g/mol. The van der Waals surface area contributed by atoms with Gasteiger partial charge in [0.25, 0.3) is 0 Å². The Balaban J connectivity index is 1.80. The largest absolute Gasteiger partial charge is 0.441 e. The molecule has 0 aromatic heterocycles. The molecule has 0 radical (unpaired) electrons. The van der Waals surface area contributed by atoms with Crippen LogP contribution in [0.25, 0.3) is 0 Å². The third-order valence-corrected chi connectivity index (χ3v) is 5.23. The molecule has 1 unspecified atom stereocenters. The highest BCUT2D eigenvalue weighted by Gasteiger charge is 2.33. The first-order chi connectivity index (χ1) is 12.2. The number of para-hydroxylation sites is 1. The molecule has 0 aliphatic carbocycles. The molecule has 2 N–H and O–H groups in total. The molecular weight excluding hydrogens is 312 g/mol. The molecule has 1 amide bonds. The Morgan fingerprint density at radius 3 is 2.16 bits per heavy atom. The molecule has 25 heavy (non-hydrogen) atoms. The van der Waals surface area contributed by atoms with E-state index in [1.165, 1.54) is 24.9 Å². The van der Waals surface area contributed by atoms with Crippen molar-refractivity contribution >= 4 is 11.8 Å². The van der Waals surface area contributed by atoms with Crippen LogP contribution < -0.4 is 10.2 Å². The summed E-state index contributed by atoms with van der Waals surface area (Å²) >= 11 is 0. The highest BCUT2D eigenvalue weighted by Crippen LogP contribution is 2.31. The second kappa shape index (κ2) is 8.17. The maximum atomic E-state index is 11.4. The van der Waals surface area contributed by atoms with Crippen molar-refractivity contribution in [2.24, 2.45) is 5.73 Å². The molecule has 2 aromatic rings. The summed E-state index contributed by atoms with van der Waals surface area (Å²) in [5, 5.41) is 0. The predicted octanol–water partition coefficient (Wildman–Crippen LogP) is 4.40. The maximum Gasteiger partial charge on any atom is 0.405 e. The number of likely N-dealkylation sites (tertiary alicyclic amines) is 1. The Hall–Kier alpha value is -2.33. The number of nitrogens with two attached hydrogens (primary N) is 1. The lowest BCUT2D eigenvalue weighted by Crippen LogP contribution is -2.53. The molecule has 0 saturated carbocycles. The van der Waals surface area contributed by atoms with Gasteiger partial charge in [-0.25, -0.2) is 4.79 Å². The molecular formula is C21H27N2O2+. The zero-order valence-corrected chi connectivity index (χ0v) is 14.6. The van der Waals surface area contributed by atoms with Gasteiger partial charge in [-0.2, -0.15) is 0 Å². The lowest BCUT2D eigenvalue weighted by molar-refractivity contribution is 0.0898. The van der Waals surface area contributed by atoms with Gasteiger partial charge in [-0.05, 0) is 37.0 Å². The summed E-state index contributed by atoms with van der Waals surface area (Å²) in [5.74, 6) is 0. The molecule has 1 atom stereocenters. The molecule has 4 nitrogen and oxygen atoms in total. The number of primary amides is 1.